The predicted octanol–water partition coefficient (Wildman–Crippen LogP) is 3.86. The number of aromatic nitrogens is 2. The Labute approximate surface area is 202 Å². The van der Waals surface area contributed by atoms with Crippen LogP contribution in [0.2, 0.25) is 0 Å². The molecule has 0 atom stereocenters. The van der Waals surface area contributed by atoms with E-state index < -0.39 is 12.1 Å². The summed E-state index contributed by atoms with van der Waals surface area (Å²) < 4.78 is 6.94. The van der Waals surface area contributed by atoms with Crippen molar-refractivity contribution >= 4 is 23.8 Å². The first-order valence-electron chi connectivity index (χ1n) is 11.6. The van der Waals surface area contributed by atoms with Crippen LogP contribution in [0, 0.1) is 0 Å². The number of carboxylic acid groups (broad SMARTS) is 1. The Kier molecular flexibility index (Phi) is 5.98. The number of nitrogens with one attached hydrogen (secondary N) is 1. The molecule has 0 saturated heterocycles. The van der Waals surface area contributed by atoms with Gasteiger partial charge in [-0.1, -0.05) is 48.5 Å². The van der Waals surface area contributed by atoms with E-state index in [4.69, 9.17) is 9.84 Å². The number of carboxylic acids is 1. The van der Waals surface area contributed by atoms with E-state index in [0.29, 0.717) is 0 Å². The molecule has 1 saturated carbocycles. The molecule has 9 nitrogen and oxygen atoms in total. The van der Waals surface area contributed by atoms with Crippen LogP contribution >= 0.6 is 0 Å². The molecule has 9 heteroatoms. The van der Waals surface area contributed by atoms with Gasteiger partial charge in [0.25, 0.3) is 5.91 Å². The van der Waals surface area contributed by atoms with Gasteiger partial charge in [-0.3, -0.25) is 19.6 Å². The van der Waals surface area contributed by atoms with Gasteiger partial charge in [-0.15, -0.1) is 0 Å². The first-order chi connectivity index (χ1) is 16.9. The molecule has 0 bridgehead atoms. The zero-order valence-corrected chi connectivity index (χ0v) is 19.3. The molecule has 0 unspecified atom stereocenters. The number of aliphatic carboxylic acids is 1. The van der Waals surface area contributed by atoms with Crippen molar-refractivity contribution in [1.29, 1.82) is 0 Å². The van der Waals surface area contributed by atoms with Crippen LogP contribution in [0.1, 0.15) is 46.8 Å². The van der Waals surface area contributed by atoms with E-state index in [9.17, 15) is 14.4 Å². The summed E-state index contributed by atoms with van der Waals surface area (Å²) in [6.45, 7) is 0.308. The fourth-order valence-corrected chi connectivity index (χ4v) is 4.67. The summed E-state index contributed by atoms with van der Waals surface area (Å²) >= 11 is 0. The Morgan fingerprint density at radius 1 is 1.09 bits per heavy atom. The largest absolute Gasteiger partial charge is 0.481 e. The lowest BCUT2D eigenvalue weighted by Crippen LogP contribution is -2.36. The zero-order valence-electron chi connectivity index (χ0n) is 19.3. The molecule has 1 heterocycles. The average molecular weight is 475 g/mol. The number of carbonyl (C=O) groups excluding carboxylic acids is 2. The summed E-state index contributed by atoms with van der Waals surface area (Å²) in [6.07, 6.45) is 0.932. The van der Waals surface area contributed by atoms with Gasteiger partial charge in [-0.2, -0.15) is 5.10 Å². The SMILES string of the molecule is Cn1nc(NC(=O)OCC2c3ccccc3-c3ccccc32)cc1C(=O)N(CCC(=O)O)C1CC1. The smallest absolute Gasteiger partial charge is 0.412 e. The second-order valence-electron chi connectivity index (χ2n) is 8.86. The molecule has 5 rings (SSSR count). The van der Waals surface area contributed by atoms with Crippen LogP contribution in [-0.4, -0.2) is 57.0 Å². The Morgan fingerprint density at radius 2 is 1.71 bits per heavy atom. The summed E-state index contributed by atoms with van der Waals surface area (Å²) in [5, 5.41) is 15.8. The van der Waals surface area contributed by atoms with E-state index in [2.05, 4.69) is 22.5 Å². The monoisotopic (exact) mass is 474 g/mol. The minimum absolute atomic E-state index is 0.0512. The summed E-state index contributed by atoms with van der Waals surface area (Å²) in [7, 11) is 1.61. The van der Waals surface area contributed by atoms with Crippen LogP contribution in [0.25, 0.3) is 11.1 Å². The van der Waals surface area contributed by atoms with E-state index in [-0.39, 0.29) is 49.0 Å². The van der Waals surface area contributed by atoms with Crippen LogP contribution in [0.4, 0.5) is 10.6 Å². The van der Waals surface area contributed by atoms with E-state index in [1.165, 1.54) is 10.7 Å². The lowest BCUT2D eigenvalue weighted by atomic mass is 9.98. The number of aryl methyl sites for hydroxylation is 1. The van der Waals surface area contributed by atoms with Crippen LogP contribution in [0.3, 0.4) is 0 Å². The number of hydrogen-bond donors (Lipinski definition) is 2. The van der Waals surface area contributed by atoms with Crippen LogP contribution in [0.5, 0.6) is 0 Å². The molecule has 0 spiro atoms. The van der Waals surface area contributed by atoms with Gasteiger partial charge >= 0.3 is 12.1 Å². The number of amides is 2. The van der Waals surface area contributed by atoms with Crippen molar-refractivity contribution in [2.24, 2.45) is 7.05 Å². The highest BCUT2D eigenvalue weighted by atomic mass is 16.5. The third-order valence-corrected chi connectivity index (χ3v) is 6.49. The van der Waals surface area contributed by atoms with Gasteiger partial charge in [0.05, 0.1) is 6.42 Å². The molecule has 2 aliphatic rings. The Bertz CT molecular complexity index is 1250. The van der Waals surface area contributed by atoms with Gasteiger partial charge in [-0.25, -0.2) is 4.79 Å². The van der Waals surface area contributed by atoms with Gasteiger partial charge in [0.15, 0.2) is 5.82 Å². The van der Waals surface area contributed by atoms with Crippen LogP contribution in [0.15, 0.2) is 54.6 Å². The molecule has 0 radical (unpaired) electrons. The maximum absolute atomic E-state index is 13.0. The fraction of sp³-hybridized carbons (Fsp3) is 0.308. The number of hydrogen-bond acceptors (Lipinski definition) is 5. The van der Waals surface area contributed by atoms with Gasteiger partial charge in [-0.05, 0) is 35.1 Å². The van der Waals surface area contributed by atoms with Gasteiger partial charge in [0.1, 0.15) is 12.3 Å². The second-order valence-corrected chi connectivity index (χ2v) is 8.86. The third kappa shape index (κ3) is 4.62. The Balaban J connectivity index is 1.24. The highest BCUT2D eigenvalue weighted by Gasteiger charge is 2.34. The topological polar surface area (TPSA) is 114 Å². The molecular formula is C26H26N4O5. The number of anilines is 1. The van der Waals surface area contributed by atoms with Crippen LogP contribution < -0.4 is 5.32 Å². The molecule has 1 aromatic heterocycles. The molecule has 3 aromatic rings. The summed E-state index contributed by atoms with van der Waals surface area (Å²) in [4.78, 5) is 38.1. The highest BCUT2D eigenvalue weighted by molar-refractivity contribution is 5.95. The lowest BCUT2D eigenvalue weighted by Gasteiger charge is -2.21. The maximum atomic E-state index is 13.0. The molecule has 2 amide bonds. The molecule has 1 fully saturated rings. The first-order valence-corrected chi connectivity index (χ1v) is 11.6. The summed E-state index contributed by atoms with van der Waals surface area (Å²) in [5.74, 6) is -1.12. The van der Waals surface area contributed by atoms with Crippen molar-refractivity contribution < 1.29 is 24.2 Å². The second kappa shape index (κ2) is 9.25. The average Bonchev–Trinajstić information content (AvgIpc) is 3.54. The summed E-state index contributed by atoms with van der Waals surface area (Å²) in [5.41, 5.74) is 4.81. The normalized spacial score (nSPS) is 14.2. The maximum Gasteiger partial charge on any atom is 0.412 e. The van der Waals surface area contributed by atoms with Crippen molar-refractivity contribution in [3.63, 3.8) is 0 Å². The highest BCUT2D eigenvalue weighted by Crippen LogP contribution is 2.44. The van der Waals surface area contributed by atoms with Gasteiger partial charge in [0, 0.05) is 31.6 Å². The van der Waals surface area contributed by atoms with E-state index in [0.717, 1.165) is 35.1 Å². The van der Waals surface area contributed by atoms with E-state index >= 15 is 0 Å². The predicted molar refractivity (Wildman–Crippen MR) is 128 cm³/mol. The number of benzene rings is 2. The Hall–Kier alpha value is -4.14. The number of nitrogens with zero attached hydrogens (tertiary/aromatic N) is 3. The Morgan fingerprint density at radius 3 is 2.31 bits per heavy atom. The lowest BCUT2D eigenvalue weighted by molar-refractivity contribution is -0.137. The van der Waals surface area contributed by atoms with Crippen molar-refractivity contribution in [2.45, 2.75) is 31.2 Å². The van der Waals surface area contributed by atoms with Crippen molar-refractivity contribution in [2.75, 3.05) is 18.5 Å². The van der Waals surface area contributed by atoms with E-state index in [1.807, 2.05) is 36.4 Å². The van der Waals surface area contributed by atoms with Crippen LogP contribution in [-0.2, 0) is 16.6 Å². The summed E-state index contributed by atoms with van der Waals surface area (Å²) in [6, 6.07) is 17.7. The number of carbonyl (C=O) groups is 3. The molecule has 0 aliphatic heterocycles. The van der Waals surface area contributed by atoms with Gasteiger partial charge < -0.3 is 14.7 Å². The third-order valence-electron chi connectivity index (χ3n) is 6.49. The standard InChI is InChI=1S/C26H26N4O5/c1-29-22(25(33)30(16-10-11-16)13-12-24(31)32)14-23(28-29)27-26(34)35-15-21-19-8-4-2-6-17(19)18-7-3-5-9-20(18)21/h2-9,14,16,21H,10-13,15H2,1H3,(H,31,32)(H,27,28,34). The minimum atomic E-state index is -0.953. The molecule has 35 heavy (non-hydrogen) atoms. The fourth-order valence-electron chi connectivity index (χ4n) is 4.67. The molecular weight excluding hydrogens is 448 g/mol. The molecule has 2 aliphatic carbocycles. The quantitative estimate of drug-likeness (QED) is 0.513. The van der Waals surface area contributed by atoms with Crippen molar-refractivity contribution in [3.8, 4) is 11.1 Å². The molecule has 2 N–H and O–H groups in total. The first kappa shape index (κ1) is 22.6. The zero-order chi connectivity index (χ0) is 24.5. The molecule has 180 valence electrons. The molecule has 2 aromatic carbocycles. The van der Waals surface area contributed by atoms with E-state index in [1.54, 1.807) is 11.9 Å². The number of fused-ring (bicyclic) bond motifs is 3. The minimum Gasteiger partial charge on any atom is -0.481 e. The van der Waals surface area contributed by atoms with Crippen molar-refractivity contribution in [1.82, 2.24) is 14.7 Å². The number of rotatable bonds is 8. The van der Waals surface area contributed by atoms with Crippen molar-refractivity contribution in [3.05, 3.63) is 71.4 Å². The van der Waals surface area contributed by atoms with Gasteiger partial charge in [0.2, 0.25) is 0 Å². The number of ether oxygens (including phenoxy) is 1.